The van der Waals surface area contributed by atoms with Crippen LogP contribution in [-0.2, 0) is 14.3 Å². The van der Waals surface area contributed by atoms with Gasteiger partial charge in [0.25, 0.3) is 0 Å². The van der Waals surface area contributed by atoms with E-state index in [0.29, 0.717) is 17.5 Å². The fraction of sp³-hybridized carbons (Fsp3) is 0.150. The Morgan fingerprint density at radius 1 is 1.04 bits per heavy atom. The minimum atomic E-state index is -0.553. The summed E-state index contributed by atoms with van der Waals surface area (Å²) in [6.07, 6.45) is 2.98. The van der Waals surface area contributed by atoms with E-state index in [2.05, 4.69) is 4.99 Å². The average molecular weight is 350 g/mol. The van der Waals surface area contributed by atoms with Gasteiger partial charge in [0, 0.05) is 24.2 Å². The largest absolute Gasteiger partial charge is 0.402 e. The lowest BCUT2D eigenvalue weighted by molar-refractivity contribution is -0.130. The Morgan fingerprint density at radius 2 is 1.77 bits per heavy atom. The first-order valence-electron chi connectivity index (χ1n) is 8.29. The fourth-order valence-corrected chi connectivity index (χ4v) is 2.95. The lowest BCUT2D eigenvalue weighted by atomic mass is 10.2. The molecule has 0 spiro atoms. The highest BCUT2D eigenvalue weighted by atomic mass is 19.1. The van der Waals surface area contributed by atoms with Gasteiger partial charge in [0.15, 0.2) is 5.70 Å². The molecule has 2 aliphatic heterocycles. The molecule has 2 aromatic rings. The van der Waals surface area contributed by atoms with Crippen molar-refractivity contribution in [2.45, 2.75) is 12.8 Å². The van der Waals surface area contributed by atoms with E-state index in [9.17, 15) is 14.0 Å². The van der Waals surface area contributed by atoms with Crippen LogP contribution in [-0.4, -0.2) is 24.3 Å². The smallest absolute Gasteiger partial charge is 0.363 e. The Bertz CT molecular complexity index is 931. The molecular formula is C20H15FN2O3. The second-order valence-electron chi connectivity index (χ2n) is 6.08. The van der Waals surface area contributed by atoms with Crippen LogP contribution in [0.4, 0.5) is 10.1 Å². The van der Waals surface area contributed by atoms with Gasteiger partial charge in [-0.2, -0.15) is 0 Å². The molecule has 130 valence electrons. The molecule has 26 heavy (non-hydrogen) atoms. The fourth-order valence-electron chi connectivity index (χ4n) is 2.95. The minimum Gasteiger partial charge on any atom is -0.402 e. The quantitative estimate of drug-likeness (QED) is 0.630. The number of halogens is 1. The van der Waals surface area contributed by atoms with Crippen molar-refractivity contribution < 1.29 is 18.7 Å². The monoisotopic (exact) mass is 350 g/mol. The lowest BCUT2D eigenvalue weighted by Crippen LogP contribution is -2.23. The van der Waals surface area contributed by atoms with Gasteiger partial charge in [-0.15, -0.1) is 0 Å². The van der Waals surface area contributed by atoms with Crippen LogP contribution in [0.25, 0.3) is 6.08 Å². The predicted molar refractivity (Wildman–Crippen MR) is 95.0 cm³/mol. The minimum absolute atomic E-state index is 0.118. The Balaban J connectivity index is 1.57. The number of anilines is 1. The van der Waals surface area contributed by atoms with Gasteiger partial charge in [-0.25, -0.2) is 14.2 Å². The molecule has 2 aromatic carbocycles. The maximum Gasteiger partial charge on any atom is 0.363 e. The summed E-state index contributed by atoms with van der Waals surface area (Å²) in [5.41, 5.74) is 2.29. The van der Waals surface area contributed by atoms with Gasteiger partial charge in [0.2, 0.25) is 11.8 Å². The molecule has 0 saturated carbocycles. The van der Waals surface area contributed by atoms with Gasteiger partial charge in [-0.05, 0) is 54.5 Å². The van der Waals surface area contributed by atoms with Crippen LogP contribution in [0.5, 0.6) is 0 Å². The van der Waals surface area contributed by atoms with Crippen LogP contribution in [0.2, 0.25) is 0 Å². The molecule has 2 aliphatic rings. The Hall–Kier alpha value is -3.28. The van der Waals surface area contributed by atoms with E-state index >= 15 is 0 Å². The van der Waals surface area contributed by atoms with Crippen molar-refractivity contribution in [3.8, 4) is 0 Å². The number of carbonyl (C=O) groups is 2. The van der Waals surface area contributed by atoms with E-state index in [-0.39, 0.29) is 23.3 Å². The van der Waals surface area contributed by atoms with Crippen molar-refractivity contribution in [3.05, 3.63) is 71.2 Å². The maximum absolute atomic E-state index is 13.0. The third kappa shape index (κ3) is 3.13. The molecule has 1 fully saturated rings. The summed E-state index contributed by atoms with van der Waals surface area (Å²) in [5.74, 6) is -0.570. The highest BCUT2D eigenvalue weighted by molar-refractivity contribution is 6.13. The number of esters is 1. The standard InChI is InChI=1S/C20H15FN2O3/c21-15-7-3-13(4-8-15)12-17-20(25)26-19(22-17)14-5-9-16(10-6-14)23-11-1-2-18(23)24/h3-10,12H,1-2,11H2/b17-12-. The van der Waals surface area contributed by atoms with Gasteiger partial charge in [-0.3, -0.25) is 4.79 Å². The molecule has 0 unspecified atom stereocenters. The molecule has 0 N–H and O–H groups in total. The van der Waals surface area contributed by atoms with Crippen LogP contribution in [0.1, 0.15) is 24.0 Å². The van der Waals surface area contributed by atoms with Crippen molar-refractivity contribution in [1.82, 2.24) is 0 Å². The van der Waals surface area contributed by atoms with Crippen LogP contribution in [0.3, 0.4) is 0 Å². The van der Waals surface area contributed by atoms with Crippen LogP contribution in [0.15, 0.2) is 59.2 Å². The van der Waals surface area contributed by atoms with Crippen molar-refractivity contribution in [2.24, 2.45) is 4.99 Å². The number of hydrogen-bond acceptors (Lipinski definition) is 4. The van der Waals surface area contributed by atoms with E-state index in [1.165, 1.54) is 12.1 Å². The van der Waals surface area contributed by atoms with Gasteiger partial charge < -0.3 is 9.64 Å². The van der Waals surface area contributed by atoms with Gasteiger partial charge in [0.05, 0.1) is 0 Å². The summed E-state index contributed by atoms with van der Waals surface area (Å²) >= 11 is 0. The molecule has 6 heteroatoms. The zero-order valence-corrected chi connectivity index (χ0v) is 13.8. The van der Waals surface area contributed by atoms with E-state index in [0.717, 1.165) is 18.7 Å². The Kier molecular flexibility index (Phi) is 4.08. The van der Waals surface area contributed by atoms with E-state index in [4.69, 9.17) is 4.74 Å². The van der Waals surface area contributed by atoms with E-state index < -0.39 is 5.97 Å². The zero-order chi connectivity index (χ0) is 18.1. The number of hydrogen-bond donors (Lipinski definition) is 0. The summed E-state index contributed by atoms with van der Waals surface area (Å²) in [4.78, 5) is 29.8. The van der Waals surface area contributed by atoms with Crippen molar-refractivity contribution in [2.75, 3.05) is 11.4 Å². The normalized spacial score (nSPS) is 18.4. The molecule has 0 atom stereocenters. The van der Waals surface area contributed by atoms with E-state index in [1.807, 2.05) is 12.1 Å². The van der Waals surface area contributed by atoms with Crippen LogP contribution in [0, 0.1) is 5.82 Å². The number of aliphatic imine (C=N–C) groups is 1. The third-order valence-corrected chi connectivity index (χ3v) is 4.29. The number of carbonyl (C=O) groups excluding carboxylic acids is 2. The first-order chi connectivity index (χ1) is 12.6. The number of benzene rings is 2. The van der Waals surface area contributed by atoms with Crippen molar-refractivity contribution in [3.63, 3.8) is 0 Å². The molecule has 1 amide bonds. The number of nitrogens with zero attached hydrogens (tertiary/aromatic N) is 2. The SMILES string of the molecule is O=C1OC(c2ccc(N3CCCC3=O)cc2)=N/C1=C\c1ccc(F)cc1. The van der Waals surface area contributed by atoms with Crippen LogP contribution >= 0.6 is 0 Å². The highest BCUT2D eigenvalue weighted by Gasteiger charge is 2.25. The second-order valence-corrected chi connectivity index (χ2v) is 6.08. The summed E-state index contributed by atoms with van der Waals surface area (Å²) in [6, 6.07) is 12.9. The van der Waals surface area contributed by atoms with Crippen molar-refractivity contribution >= 4 is 29.5 Å². The number of amides is 1. The molecule has 0 radical (unpaired) electrons. The molecule has 4 rings (SSSR count). The molecular weight excluding hydrogens is 335 g/mol. The number of rotatable bonds is 3. The van der Waals surface area contributed by atoms with Gasteiger partial charge >= 0.3 is 5.97 Å². The summed E-state index contributed by atoms with van der Waals surface area (Å²) in [5, 5.41) is 0. The first kappa shape index (κ1) is 16.2. The number of ether oxygens (including phenoxy) is 1. The molecule has 0 aliphatic carbocycles. The van der Waals surface area contributed by atoms with E-state index in [1.54, 1.807) is 35.2 Å². The Labute approximate surface area is 149 Å². The van der Waals surface area contributed by atoms with Gasteiger partial charge in [-0.1, -0.05) is 12.1 Å². The van der Waals surface area contributed by atoms with Gasteiger partial charge in [0.1, 0.15) is 5.82 Å². The number of cyclic esters (lactones) is 1. The van der Waals surface area contributed by atoms with Crippen molar-refractivity contribution in [1.29, 1.82) is 0 Å². The third-order valence-electron chi connectivity index (χ3n) is 4.29. The molecule has 1 saturated heterocycles. The molecule has 5 nitrogen and oxygen atoms in total. The second kappa shape index (κ2) is 6.55. The maximum atomic E-state index is 13.0. The summed E-state index contributed by atoms with van der Waals surface area (Å²) in [6.45, 7) is 0.721. The summed E-state index contributed by atoms with van der Waals surface area (Å²) < 4.78 is 18.2. The molecule has 0 bridgehead atoms. The highest BCUT2D eigenvalue weighted by Crippen LogP contribution is 2.24. The summed E-state index contributed by atoms with van der Waals surface area (Å²) in [7, 11) is 0. The first-order valence-corrected chi connectivity index (χ1v) is 8.29. The predicted octanol–water partition coefficient (Wildman–Crippen LogP) is 3.30. The lowest BCUT2D eigenvalue weighted by Gasteiger charge is -2.15. The zero-order valence-electron chi connectivity index (χ0n) is 13.8. The average Bonchev–Trinajstić information content (AvgIpc) is 3.23. The van der Waals surface area contributed by atoms with Crippen LogP contribution < -0.4 is 4.90 Å². The molecule has 2 heterocycles. The topological polar surface area (TPSA) is 59.0 Å². The molecule has 0 aromatic heterocycles. The Morgan fingerprint density at radius 3 is 2.42 bits per heavy atom.